The number of benzene rings is 2. The molecular weight excluding hydrogens is 312 g/mol. The van der Waals surface area contributed by atoms with Crippen LogP contribution in [-0.4, -0.2) is 18.1 Å². The zero-order valence-electron chi connectivity index (χ0n) is 14.7. The largest absolute Gasteiger partial charge is 0.494 e. The van der Waals surface area contributed by atoms with Crippen LogP contribution in [0, 0.1) is 0 Å². The molecule has 0 aliphatic heterocycles. The monoisotopic (exact) mass is 336 g/mol. The molecule has 4 nitrogen and oxygen atoms in total. The van der Waals surface area contributed by atoms with E-state index < -0.39 is 0 Å². The summed E-state index contributed by atoms with van der Waals surface area (Å²) in [5.74, 6) is 1.90. The van der Waals surface area contributed by atoms with Crippen molar-refractivity contribution < 1.29 is 9.15 Å². The van der Waals surface area contributed by atoms with Crippen molar-refractivity contribution in [1.29, 1.82) is 0 Å². The van der Waals surface area contributed by atoms with E-state index in [-0.39, 0.29) is 0 Å². The Balaban J connectivity index is 1.56. The summed E-state index contributed by atoms with van der Waals surface area (Å²) in [5, 5.41) is 3.45. The number of rotatable bonds is 8. The smallest absolute Gasteiger partial charge is 0.226 e. The topological polar surface area (TPSA) is 47.3 Å². The molecular formula is C21H24N2O2. The molecule has 2 aromatic carbocycles. The van der Waals surface area contributed by atoms with Crippen LogP contribution in [-0.2, 0) is 6.54 Å². The van der Waals surface area contributed by atoms with Gasteiger partial charge in [0.25, 0.3) is 0 Å². The van der Waals surface area contributed by atoms with E-state index >= 15 is 0 Å². The molecule has 0 saturated carbocycles. The van der Waals surface area contributed by atoms with Gasteiger partial charge in [-0.15, -0.1) is 0 Å². The van der Waals surface area contributed by atoms with E-state index in [1.807, 2.05) is 37.3 Å². The third kappa shape index (κ3) is 4.70. The first-order valence-electron chi connectivity index (χ1n) is 8.69. The van der Waals surface area contributed by atoms with Crippen LogP contribution in [0.4, 0.5) is 0 Å². The molecule has 0 radical (unpaired) electrons. The third-order valence-corrected chi connectivity index (χ3v) is 4.07. The Kier molecular flexibility index (Phi) is 5.86. The molecule has 25 heavy (non-hydrogen) atoms. The number of ether oxygens (including phenoxy) is 1. The second kappa shape index (κ2) is 8.49. The highest BCUT2D eigenvalue weighted by molar-refractivity contribution is 5.56. The molecule has 0 saturated heterocycles. The number of hydrogen-bond donors (Lipinski definition) is 1. The maximum Gasteiger partial charge on any atom is 0.226 e. The second-order valence-electron chi connectivity index (χ2n) is 6.05. The summed E-state index contributed by atoms with van der Waals surface area (Å²) in [7, 11) is 0. The SMILES string of the molecule is CCOc1cccc(-c2nc(CNCC(C)c3ccccc3)co2)c1. The van der Waals surface area contributed by atoms with E-state index in [4.69, 9.17) is 9.15 Å². The van der Waals surface area contributed by atoms with Crippen LogP contribution in [0.5, 0.6) is 5.75 Å². The lowest BCUT2D eigenvalue weighted by Gasteiger charge is -2.12. The minimum Gasteiger partial charge on any atom is -0.494 e. The van der Waals surface area contributed by atoms with Crippen LogP contribution in [0.15, 0.2) is 65.3 Å². The summed E-state index contributed by atoms with van der Waals surface area (Å²) < 4.78 is 11.1. The van der Waals surface area contributed by atoms with Crippen molar-refractivity contribution in [1.82, 2.24) is 10.3 Å². The lowest BCUT2D eigenvalue weighted by molar-refractivity contribution is 0.340. The first kappa shape index (κ1) is 17.2. The number of hydrogen-bond acceptors (Lipinski definition) is 4. The Morgan fingerprint density at radius 3 is 2.76 bits per heavy atom. The Morgan fingerprint density at radius 1 is 1.12 bits per heavy atom. The van der Waals surface area contributed by atoms with Crippen LogP contribution < -0.4 is 10.1 Å². The standard InChI is InChI=1S/C21H24N2O2/c1-3-24-20-11-7-10-18(12-20)21-23-19(15-25-21)14-22-13-16(2)17-8-5-4-6-9-17/h4-12,15-16,22H,3,13-14H2,1-2H3. The van der Waals surface area contributed by atoms with Crippen LogP contribution in [0.1, 0.15) is 31.0 Å². The summed E-state index contributed by atoms with van der Waals surface area (Å²) >= 11 is 0. The minimum absolute atomic E-state index is 0.454. The first-order chi connectivity index (χ1) is 12.3. The van der Waals surface area contributed by atoms with Gasteiger partial charge in [-0.25, -0.2) is 4.98 Å². The quantitative estimate of drug-likeness (QED) is 0.651. The van der Waals surface area contributed by atoms with Gasteiger partial charge in [0.15, 0.2) is 0 Å². The summed E-state index contributed by atoms with van der Waals surface area (Å²) in [4.78, 5) is 4.57. The summed E-state index contributed by atoms with van der Waals surface area (Å²) in [6.45, 7) is 6.41. The number of oxazole rings is 1. The molecule has 0 aliphatic carbocycles. The predicted octanol–water partition coefficient (Wildman–Crippen LogP) is 4.63. The average molecular weight is 336 g/mol. The zero-order valence-corrected chi connectivity index (χ0v) is 14.7. The molecule has 1 unspecified atom stereocenters. The van der Waals surface area contributed by atoms with Crippen LogP contribution in [0.25, 0.3) is 11.5 Å². The molecule has 1 heterocycles. The van der Waals surface area contributed by atoms with E-state index in [1.54, 1.807) is 6.26 Å². The molecule has 1 atom stereocenters. The first-order valence-corrected chi connectivity index (χ1v) is 8.69. The molecule has 1 aromatic heterocycles. The van der Waals surface area contributed by atoms with Gasteiger partial charge in [-0.3, -0.25) is 0 Å². The zero-order chi connectivity index (χ0) is 17.5. The van der Waals surface area contributed by atoms with Gasteiger partial charge in [0.1, 0.15) is 12.0 Å². The molecule has 130 valence electrons. The number of aromatic nitrogens is 1. The van der Waals surface area contributed by atoms with Gasteiger partial charge in [0.05, 0.1) is 12.3 Å². The highest BCUT2D eigenvalue weighted by Gasteiger charge is 2.09. The molecule has 1 N–H and O–H groups in total. The second-order valence-corrected chi connectivity index (χ2v) is 6.05. The highest BCUT2D eigenvalue weighted by Crippen LogP contribution is 2.23. The maximum atomic E-state index is 5.62. The van der Waals surface area contributed by atoms with Gasteiger partial charge in [-0.05, 0) is 36.6 Å². The van der Waals surface area contributed by atoms with Gasteiger partial charge in [0, 0.05) is 18.7 Å². The van der Waals surface area contributed by atoms with Crippen molar-refractivity contribution in [3.8, 4) is 17.2 Å². The van der Waals surface area contributed by atoms with E-state index in [2.05, 4.69) is 41.5 Å². The molecule has 0 amide bonds. The molecule has 3 rings (SSSR count). The van der Waals surface area contributed by atoms with E-state index in [0.717, 1.165) is 23.6 Å². The molecule has 0 aliphatic rings. The van der Waals surface area contributed by atoms with Gasteiger partial charge in [0.2, 0.25) is 5.89 Å². The highest BCUT2D eigenvalue weighted by atomic mass is 16.5. The minimum atomic E-state index is 0.454. The van der Waals surface area contributed by atoms with Gasteiger partial charge < -0.3 is 14.5 Å². The molecule has 3 aromatic rings. The van der Waals surface area contributed by atoms with Crippen molar-refractivity contribution in [3.63, 3.8) is 0 Å². The van der Waals surface area contributed by atoms with Crippen LogP contribution in [0.2, 0.25) is 0 Å². The molecule has 0 fully saturated rings. The lowest BCUT2D eigenvalue weighted by Crippen LogP contribution is -2.19. The fraction of sp³-hybridized carbons (Fsp3) is 0.286. The van der Waals surface area contributed by atoms with E-state index in [0.29, 0.717) is 25.0 Å². The third-order valence-electron chi connectivity index (χ3n) is 4.07. The van der Waals surface area contributed by atoms with Gasteiger partial charge >= 0.3 is 0 Å². The lowest BCUT2D eigenvalue weighted by atomic mass is 10.0. The average Bonchev–Trinajstić information content (AvgIpc) is 3.12. The summed E-state index contributed by atoms with van der Waals surface area (Å²) in [6, 6.07) is 18.3. The van der Waals surface area contributed by atoms with Crippen molar-refractivity contribution in [3.05, 3.63) is 72.1 Å². The van der Waals surface area contributed by atoms with Crippen LogP contribution in [0.3, 0.4) is 0 Å². The normalized spacial score (nSPS) is 12.1. The van der Waals surface area contributed by atoms with Crippen molar-refractivity contribution >= 4 is 0 Å². The molecule has 4 heteroatoms. The van der Waals surface area contributed by atoms with E-state index in [1.165, 1.54) is 5.56 Å². The maximum absolute atomic E-state index is 5.62. The van der Waals surface area contributed by atoms with Crippen molar-refractivity contribution in [2.75, 3.05) is 13.2 Å². The van der Waals surface area contributed by atoms with Crippen LogP contribution >= 0.6 is 0 Å². The van der Waals surface area contributed by atoms with Crippen molar-refractivity contribution in [2.45, 2.75) is 26.3 Å². The Hall–Kier alpha value is -2.59. The van der Waals surface area contributed by atoms with Gasteiger partial charge in [-0.1, -0.05) is 43.3 Å². The summed E-state index contributed by atoms with van der Waals surface area (Å²) in [6.07, 6.45) is 1.71. The van der Waals surface area contributed by atoms with Crippen molar-refractivity contribution in [2.24, 2.45) is 0 Å². The number of nitrogens with zero attached hydrogens (tertiary/aromatic N) is 1. The Morgan fingerprint density at radius 2 is 1.96 bits per heavy atom. The Bertz CT molecular complexity index is 783. The van der Waals surface area contributed by atoms with E-state index in [9.17, 15) is 0 Å². The number of nitrogens with one attached hydrogen (secondary N) is 1. The predicted molar refractivity (Wildman–Crippen MR) is 99.7 cm³/mol. The Labute approximate surface area is 148 Å². The summed E-state index contributed by atoms with van der Waals surface area (Å²) in [5.41, 5.74) is 3.16. The molecule has 0 spiro atoms. The fourth-order valence-corrected chi connectivity index (χ4v) is 2.72. The molecule has 0 bridgehead atoms. The van der Waals surface area contributed by atoms with Gasteiger partial charge in [-0.2, -0.15) is 0 Å². The fourth-order valence-electron chi connectivity index (χ4n) is 2.72.